The lowest BCUT2D eigenvalue weighted by Gasteiger charge is -2.10. The minimum absolute atomic E-state index is 0.629. The number of benzene rings is 1. The van der Waals surface area contributed by atoms with Gasteiger partial charge < -0.3 is 14.8 Å². The van der Waals surface area contributed by atoms with E-state index in [1.165, 1.54) is 6.42 Å². The summed E-state index contributed by atoms with van der Waals surface area (Å²) in [6.45, 7) is 4.38. The van der Waals surface area contributed by atoms with Gasteiger partial charge in [-0.3, -0.25) is 0 Å². The molecule has 88 valence electrons. The number of rotatable bonds is 6. The van der Waals surface area contributed by atoms with Gasteiger partial charge in [0.1, 0.15) is 12.4 Å². The van der Waals surface area contributed by atoms with Crippen molar-refractivity contribution in [1.82, 2.24) is 5.32 Å². The van der Waals surface area contributed by atoms with Crippen LogP contribution in [0.5, 0.6) is 5.75 Å². The van der Waals surface area contributed by atoms with E-state index < -0.39 is 0 Å². The van der Waals surface area contributed by atoms with E-state index in [1.807, 2.05) is 30.3 Å². The summed E-state index contributed by atoms with van der Waals surface area (Å²) in [5, 5.41) is 3.33. The smallest absolute Gasteiger partial charge is 0.119 e. The van der Waals surface area contributed by atoms with E-state index in [9.17, 15) is 0 Å². The first-order valence-corrected chi connectivity index (χ1v) is 5.91. The van der Waals surface area contributed by atoms with E-state index in [0.717, 1.165) is 25.4 Å². The zero-order valence-electron chi connectivity index (χ0n) is 9.52. The normalized spacial score (nSPS) is 19.9. The third kappa shape index (κ3) is 3.83. The Kier molecular flexibility index (Phi) is 4.65. The first kappa shape index (κ1) is 11.4. The van der Waals surface area contributed by atoms with E-state index >= 15 is 0 Å². The van der Waals surface area contributed by atoms with Crippen LogP contribution in [0.3, 0.4) is 0 Å². The van der Waals surface area contributed by atoms with Crippen molar-refractivity contribution < 1.29 is 9.47 Å². The molecule has 2 rings (SSSR count). The van der Waals surface area contributed by atoms with Gasteiger partial charge in [0.05, 0.1) is 13.2 Å². The van der Waals surface area contributed by atoms with Crippen molar-refractivity contribution in [3.8, 4) is 5.75 Å². The summed E-state index contributed by atoms with van der Waals surface area (Å²) in [6.07, 6.45) is 1.24. The fraction of sp³-hybridized carbons (Fsp3) is 0.538. The van der Waals surface area contributed by atoms with Crippen molar-refractivity contribution in [3.05, 3.63) is 30.3 Å². The van der Waals surface area contributed by atoms with E-state index in [2.05, 4.69) is 5.32 Å². The molecule has 1 aliphatic heterocycles. The summed E-state index contributed by atoms with van der Waals surface area (Å²) in [4.78, 5) is 0. The van der Waals surface area contributed by atoms with Gasteiger partial charge in [-0.2, -0.15) is 0 Å². The van der Waals surface area contributed by atoms with Crippen molar-refractivity contribution >= 4 is 0 Å². The summed E-state index contributed by atoms with van der Waals surface area (Å²) >= 11 is 0. The van der Waals surface area contributed by atoms with Gasteiger partial charge in [-0.15, -0.1) is 0 Å². The van der Waals surface area contributed by atoms with Gasteiger partial charge in [0, 0.05) is 6.54 Å². The molecule has 1 saturated heterocycles. The van der Waals surface area contributed by atoms with Crippen molar-refractivity contribution in [2.45, 2.75) is 6.42 Å². The average Bonchev–Trinajstić information content (AvgIpc) is 2.83. The van der Waals surface area contributed by atoms with E-state index in [1.54, 1.807) is 0 Å². The van der Waals surface area contributed by atoms with Crippen LogP contribution >= 0.6 is 0 Å². The third-order valence-corrected chi connectivity index (χ3v) is 2.76. The van der Waals surface area contributed by atoms with Crippen LogP contribution in [-0.4, -0.2) is 32.9 Å². The van der Waals surface area contributed by atoms with Crippen LogP contribution in [0.4, 0.5) is 0 Å². The molecule has 16 heavy (non-hydrogen) atoms. The summed E-state index contributed by atoms with van der Waals surface area (Å²) in [5.41, 5.74) is 0. The monoisotopic (exact) mass is 221 g/mol. The summed E-state index contributed by atoms with van der Waals surface area (Å²) in [5.74, 6) is 1.60. The molecule has 1 fully saturated rings. The van der Waals surface area contributed by atoms with Crippen molar-refractivity contribution in [2.24, 2.45) is 5.92 Å². The van der Waals surface area contributed by atoms with Gasteiger partial charge in [0.25, 0.3) is 0 Å². The molecule has 1 aromatic carbocycles. The lowest BCUT2D eigenvalue weighted by atomic mass is 10.1. The van der Waals surface area contributed by atoms with E-state index in [4.69, 9.17) is 9.47 Å². The van der Waals surface area contributed by atoms with Gasteiger partial charge in [-0.25, -0.2) is 0 Å². The highest BCUT2D eigenvalue weighted by Gasteiger charge is 2.13. The minimum Gasteiger partial charge on any atom is -0.491 e. The first-order chi connectivity index (χ1) is 7.95. The average molecular weight is 221 g/mol. The molecule has 3 heteroatoms. The Labute approximate surface area is 96.8 Å². The first-order valence-electron chi connectivity index (χ1n) is 5.91. The Morgan fingerprint density at radius 2 is 2.06 bits per heavy atom. The number of nitrogens with one attached hydrogen (secondary N) is 1. The maximum absolute atomic E-state index is 5.57. The molecule has 0 radical (unpaired) electrons. The van der Waals surface area contributed by atoms with E-state index in [0.29, 0.717) is 19.1 Å². The van der Waals surface area contributed by atoms with Crippen LogP contribution in [0.1, 0.15) is 6.42 Å². The predicted octanol–water partition coefficient (Wildman–Crippen LogP) is 1.69. The van der Waals surface area contributed by atoms with Crippen LogP contribution in [0.2, 0.25) is 0 Å². The number of para-hydroxylation sites is 1. The Hall–Kier alpha value is -1.06. The van der Waals surface area contributed by atoms with Gasteiger partial charge in [0.15, 0.2) is 0 Å². The quantitative estimate of drug-likeness (QED) is 0.742. The second-order valence-corrected chi connectivity index (χ2v) is 4.10. The summed E-state index contributed by atoms with van der Waals surface area (Å²) in [6, 6.07) is 9.85. The van der Waals surface area contributed by atoms with Crippen LogP contribution < -0.4 is 10.1 Å². The molecule has 0 bridgehead atoms. The van der Waals surface area contributed by atoms with Crippen molar-refractivity contribution in [3.63, 3.8) is 0 Å². The largest absolute Gasteiger partial charge is 0.491 e. The predicted molar refractivity (Wildman–Crippen MR) is 63.7 cm³/mol. The maximum atomic E-state index is 5.57. The Morgan fingerprint density at radius 1 is 1.19 bits per heavy atom. The second-order valence-electron chi connectivity index (χ2n) is 4.10. The van der Waals surface area contributed by atoms with E-state index in [-0.39, 0.29) is 0 Å². The van der Waals surface area contributed by atoms with Crippen molar-refractivity contribution in [2.75, 3.05) is 32.9 Å². The molecule has 0 spiro atoms. The topological polar surface area (TPSA) is 30.5 Å². The fourth-order valence-electron chi connectivity index (χ4n) is 1.84. The fourth-order valence-corrected chi connectivity index (χ4v) is 1.84. The Bertz CT molecular complexity index is 283. The molecular weight excluding hydrogens is 202 g/mol. The zero-order valence-corrected chi connectivity index (χ0v) is 9.52. The van der Waals surface area contributed by atoms with Crippen molar-refractivity contribution in [1.29, 1.82) is 0 Å². The zero-order chi connectivity index (χ0) is 11.1. The number of hydrogen-bond donors (Lipinski definition) is 1. The third-order valence-electron chi connectivity index (χ3n) is 2.76. The van der Waals surface area contributed by atoms with Crippen LogP contribution in [0.15, 0.2) is 30.3 Å². The maximum Gasteiger partial charge on any atom is 0.119 e. The molecular formula is C13H19NO2. The van der Waals surface area contributed by atoms with Gasteiger partial charge >= 0.3 is 0 Å². The SMILES string of the molecule is c1ccc(OCCOC[C@@H]2CCNC2)cc1. The molecule has 0 saturated carbocycles. The van der Waals surface area contributed by atoms with Crippen LogP contribution in [0.25, 0.3) is 0 Å². The number of ether oxygens (including phenoxy) is 2. The lowest BCUT2D eigenvalue weighted by Crippen LogP contribution is -2.16. The highest BCUT2D eigenvalue weighted by Crippen LogP contribution is 2.09. The van der Waals surface area contributed by atoms with Crippen LogP contribution in [0, 0.1) is 5.92 Å². The molecule has 1 atom stereocenters. The second kappa shape index (κ2) is 6.51. The number of hydrogen-bond acceptors (Lipinski definition) is 3. The molecule has 1 N–H and O–H groups in total. The molecule has 0 unspecified atom stereocenters. The van der Waals surface area contributed by atoms with Gasteiger partial charge in [-0.05, 0) is 31.0 Å². The van der Waals surface area contributed by atoms with Gasteiger partial charge in [0.2, 0.25) is 0 Å². The lowest BCUT2D eigenvalue weighted by molar-refractivity contribution is 0.0783. The summed E-state index contributed by atoms with van der Waals surface area (Å²) < 4.78 is 11.1. The molecule has 0 aliphatic carbocycles. The minimum atomic E-state index is 0.629. The molecule has 3 nitrogen and oxygen atoms in total. The Morgan fingerprint density at radius 3 is 2.81 bits per heavy atom. The molecule has 1 heterocycles. The molecule has 0 amide bonds. The summed E-state index contributed by atoms with van der Waals surface area (Å²) in [7, 11) is 0. The standard InChI is InChI=1S/C13H19NO2/c1-2-4-13(5-3-1)16-9-8-15-11-12-6-7-14-10-12/h1-5,12,14H,6-11H2/t12-/m1/s1. The highest BCUT2D eigenvalue weighted by molar-refractivity contribution is 5.20. The molecule has 1 aliphatic rings. The Balaban J connectivity index is 1.52. The highest BCUT2D eigenvalue weighted by atomic mass is 16.5. The molecule has 0 aromatic heterocycles. The molecule has 1 aromatic rings. The van der Waals surface area contributed by atoms with Gasteiger partial charge in [-0.1, -0.05) is 18.2 Å². The van der Waals surface area contributed by atoms with Crippen LogP contribution in [-0.2, 0) is 4.74 Å².